The fourth-order valence-corrected chi connectivity index (χ4v) is 3.92. The Kier molecular flexibility index (Phi) is 3.64. The van der Waals surface area contributed by atoms with Gasteiger partial charge in [0.05, 0.1) is 24.1 Å². The number of alkyl halides is 1. The number of aromatic nitrogens is 2. The van der Waals surface area contributed by atoms with E-state index in [0.717, 1.165) is 22.2 Å². The number of fused-ring (bicyclic) bond motifs is 1. The Balaban J connectivity index is 1.68. The fraction of sp³-hybridized carbons (Fsp3) is 0.333. The van der Waals surface area contributed by atoms with Gasteiger partial charge in [-0.2, -0.15) is 0 Å². The molecular weight excluding hydrogens is 325 g/mol. The van der Waals surface area contributed by atoms with Gasteiger partial charge in [-0.25, -0.2) is 4.39 Å². The third-order valence-corrected chi connectivity index (χ3v) is 5.47. The number of amides is 1. The minimum atomic E-state index is -0.868. The van der Waals surface area contributed by atoms with Crippen LogP contribution in [0.2, 0.25) is 0 Å². The van der Waals surface area contributed by atoms with E-state index in [-0.39, 0.29) is 25.5 Å². The molecule has 1 fully saturated rings. The second kappa shape index (κ2) is 5.70. The summed E-state index contributed by atoms with van der Waals surface area (Å²) in [7, 11) is 0. The smallest absolute Gasteiger partial charge is 0.242 e. The highest BCUT2D eigenvalue weighted by Gasteiger charge is 2.30. The minimum absolute atomic E-state index is 0.0434. The standard InChI is InChI=1S/C18H18FN3OS/c1-11-7-21(10-17(23)22-8-14(19)9-22)15-5-13(6-20-18(11)15)16-4-3-12(2)24-16/h3-7,14H,8-10H2,1-2H3. The molecule has 0 aliphatic carbocycles. The maximum absolute atomic E-state index is 13.0. The summed E-state index contributed by atoms with van der Waals surface area (Å²) in [6, 6.07) is 6.27. The van der Waals surface area contributed by atoms with Crippen molar-refractivity contribution < 1.29 is 9.18 Å². The van der Waals surface area contributed by atoms with Crippen LogP contribution in [0.25, 0.3) is 21.5 Å². The van der Waals surface area contributed by atoms with Crippen LogP contribution in [-0.4, -0.2) is 39.6 Å². The van der Waals surface area contributed by atoms with E-state index in [1.54, 1.807) is 16.2 Å². The van der Waals surface area contributed by atoms with Gasteiger partial charge in [0.1, 0.15) is 12.7 Å². The first-order chi connectivity index (χ1) is 11.5. The van der Waals surface area contributed by atoms with E-state index >= 15 is 0 Å². The molecule has 0 aromatic carbocycles. The SMILES string of the molecule is Cc1ccc(-c2cnc3c(C)cn(CC(=O)N4CC(F)C4)c3c2)s1. The monoisotopic (exact) mass is 343 g/mol. The highest BCUT2D eigenvalue weighted by Crippen LogP contribution is 2.30. The highest BCUT2D eigenvalue weighted by molar-refractivity contribution is 7.15. The molecule has 1 aliphatic rings. The number of likely N-dealkylation sites (tertiary alicyclic amines) is 1. The molecule has 1 aliphatic heterocycles. The van der Waals surface area contributed by atoms with Gasteiger partial charge in [0.25, 0.3) is 0 Å². The zero-order valence-corrected chi connectivity index (χ0v) is 14.4. The molecule has 4 nitrogen and oxygen atoms in total. The molecule has 0 spiro atoms. The molecule has 4 heterocycles. The number of thiophene rings is 1. The van der Waals surface area contributed by atoms with E-state index < -0.39 is 6.17 Å². The number of carbonyl (C=O) groups excluding carboxylic acids is 1. The highest BCUT2D eigenvalue weighted by atomic mass is 32.1. The molecule has 0 unspecified atom stereocenters. The lowest BCUT2D eigenvalue weighted by Gasteiger charge is -2.34. The number of rotatable bonds is 3. The molecule has 0 bridgehead atoms. The normalized spacial score (nSPS) is 15.0. The summed E-state index contributed by atoms with van der Waals surface area (Å²) >= 11 is 1.73. The van der Waals surface area contributed by atoms with Crippen molar-refractivity contribution in [3.63, 3.8) is 0 Å². The lowest BCUT2D eigenvalue weighted by molar-refractivity contribution is -0.138. The molecule has 3 aromatic rings. The Labute approximate surface area is 143 Å². The molecule has 0 N–H and O–H groups in total. The summed E-state index contributed by atoms with van der Waals surface area (Å²) in [5.41, 5.74) is 3.95. The van der Waals surface area contributed by atoms with Crippen molar-refractivity contribution in [2.75, 3.05) is 13.1 Å². The summed E-state index contributed by atoms with van der Waals surface area (Å²) in [6.45, 7) is 4.74. The van der Waals surface area contributed by atoms with Crippen molar-refractivity contribution in [3.8, 4) is 10.4 Å². The van der Waals surface area contributed by atoms with Gasteiger partial charge in [0.2, 0.25) is 5.91 Å². The molecule has 6 heteroatoms. The average molecular weight is 343 g/mol. The number of pyridine rings is 1. The predicted molar refractivity (Wildman–Crippen MR) is 94.0 cm³/mol. The number of carbonyl (C=O) groups is 1. The largest absolute Gasteiger partial charge is 0.336 e. The summed E-state index contributed by atoms with van der Waals surface area (Å²) in [4.78, 5) is 20.8. The van der Waals surface area contributed by atoms with Gasteiger partial charge in [-0.1, -0.05) is 0 Å². The zero-order chi connectivity index (χ0) is 16.8. The third kappa shape index (κ3) is 2.60. The van der Waals surface area contributed by atoms with Crippen LogP contribution in [0.15, 0.2) is 30.6 Å². The van der Waals surface area contributed by atoms with Crippen molar-refractivity contribution in [1.29, 1.82) is 0 Å². The van der Waals surface area contributed by atoms with Crippen LogP contribution in [0.3, 0.4) is 0 Å². The van der Waals surface area contributed by atoms with E-state index in [1.165, 1.54) is 9.75 Å². The van der Waals surface area contributed by atoms with Gasteiger partial charge >= 0.3 is 0 Å². The maximum atomic E-state index is 13.0. The van der Waals surface area contributed by atoms with Crippen LogP contribution in [0, 0.1) is 13.8 Å². The van der Waals surface area contributed by atoms with Gasteiger partial charge in [0.15, 0.2) is 0 Å². The molecule has 3 aromatic heterocycles. The van der Waals surface area contributed by atoms with Crippen LogP contribution < -0.4 is 0 Å². The van der Waals surface area contributed by atoms with Crippen molar-refractivity contribution in [3.05, 3.63) is 41.0 Å². The fourth-order valence-electron chi connectivity index (χ4n) is 3.07. The number of hydrogen-bond donors (Lipinski definition) is 0. The number of aryl methyl sites for hydroxylation is 2. The Hall–Kier alpha value is -2.21. The van der Waals surface area contributed by atoms with Gasteiger partial charge in [-0.3, -0.25) is 9.78 Å². The van der Waals surface area contributed by atoms with Crippen LogP contribution in [0.4, 0.5) is 4.39 Å². The predicted octanol–water partition coefficient (Wildman–Crippen LogP) is 3.56. The van der Waals surface area contributed by atoms with Crippen LogP contribution in [-0.2, 0) is 11.3 Å². The van der Waals surface area contributed by atoms with E-state index in [0.29, 0.717) is 0 Å². The topological polar surface area (TPSA) is 38.1 Å². The van der Waals surface area contributed by atoms with E-state index in [9.17, 15) is 9.18 Å². The van der Waals surface area contributed by atoms with Gasteiger partial charge in [-0.15, -0.1) is 11.3 Å². The van der Waals surface area contributed by atoms with Crippen molar-refractivity contribution >= 4 is 28.3 Å². The molecular formula is C18H18FN3OS. The third-order valence-electron chi connectivity index (χ3n) is 4.42. The molecule has 0 atom stereocenters. The van der Waals surface area contributed by atoms with E-state index in [1.807, 2.05) is 23.9 Å². The Morgan fingerprint density at radius 1 is 1.38 bits per heavy atom. The van der Waals surface area contributed by atoms with Gasteiger partial charge in [-0.05, 0) is 37.6 Å². The number of nitrogens with zero attached hydrogens (tertiary/aromatic N) is 3. The van der Waals surface area contributed by atoms with Crippen LogP contribution >= 0.6 is 11.3 Å². The summed E-state index contributed by atoms with van der Waals surface area (Å²) in [5, 5.41) is 0. The Morgan fingerprint density at radius 3 is 2.83 bits per heavy atom. The molecule has 1 saturated heterocycles. The lowest BCUT2D eigenvalue weighted by atomic mass is 10.2. The first-order valence-electron chi connectivity index (χ1n) is 7.95. The summed E-state index contributed by atoms with van der Waals surface area (Å²) < 4.78 is 14.9. The molecule has 0 saturated carbocycles. The first-order valence-corrected chi connectivity index (χ1v) is 8.77. The maximum Gasteiger partial charge on any atom is 0.242 e. The molecule has 0 radical (unpaired) electrons. The van der Waals surface area contributed by atoms with Crippen molar-refractivity contribution in [1.82, 2.24) is 14.5 Å². The number of hydrogen-bond acceptors (Lipinski definition) is 3. The van der Waals surface area contributed by atoms with Crippen molar-refractivity contribution in [2.24, 2.45) is 0 Å². The second-order valence-corrected chi connectivity index (χ2v) is 7.63. The van der Waals surface area contributed by atoms with Crippen molar-refractivity contribution in [2.45, 2.75) is 26.6 Å². The van der Waals surface area contributed by atoms with Gasteiger partial charge < -0.3 is 9.47 Å². The lowest BCUT2D eigenvalue weighted by Crippen LogP contribution is -2.52. The molecule has 24 heavy (non-hydrogen) atoms. The van der Waals surface area contributed by atoms with E-state index in [4.69, 9.17) is 0 Å². The minimum Gasteiger partial charge on any atom is -0.336 e. The van der Waals surface area contributed by atoms with Crippen LogP contribution in [0.5, 0.6) is 0 Å². The molecule has 4 rings (SSSR count). The first kappa shape index (κ1) is 15.3. The average Bonchev–Trinajstić information content (AvgIpc) is 3.08. The van der Waals surface area contributed by atoms with Crippen LogP contribution in [0.1, 0.15) is 10.4 Å². The quantitative estimate of drug-likeness (QED) is 0.729. The zero-order valence-electron chi connectivity index (χ0n) is 13.6. The second-order valence-electron chi connectivity index (χ2n) is 6.34. The summed E-state index contributed by atoms with van der Waals surface area (Å²) in [6.07, 6.45) is 2.97. The molecule has 124 valence electrons. The number of halogens is 1. The van der Waals surface area contributed by atoms with Gasteiger partial charge in [0, 0.05) is 27.7 Å². The Bertz CT molecular complexity index is 924. The molecule has 1 amide bonds. The Morgan fingerprint density at radius 2 is 2.17 bits per heavy atom. The van der Waals surface area contributed by atoms with E-state index in [2.05, 4.69) is 30.1 Å². The summed E-state index contributed by atoms with van der Waals surface area (Å²) in [5.74, 6) is -0.0434.